The van der Waals surface area contributed by atoms with Crippen molar-refractivity contribution in [1.82, 2.24) is 40.4 Å². The normalized spacial score (nSPS) is 22.4. The predicted octanol–water partition coefficient (Wildman–Crippen LogP) is 8.16. The molecule has 6 aromatic rings. The van der Waals surface area contributed by atoms with E-state index in [0.717, 1.165) is 105 Å². The minimum absolute atomic E-state index is 0.00480. The van der Waals surface area contributed by atoms with Gasteiger partial charge in [0.2, 0.25) is 17.7 Å². The first-order valence-electron chi connectivity index (χ1n) is 27.3. The van der Waals surface area contributed by atoms with Gasteiger partial charge in [0.25, 0.3) is 0 Å². The Kier molecular flexibility index (Phi) is 14.5. The molecule has 3 aromatic carbocycles. The van der Waals surface area contributed by atoms with Crippen LogP contribution in [-0.4, -0.2) is 135 Å². The zero-order valence-corrected chi connectivity index (χ0v) is 45.4. The number of aliphatic hydroxyl groups excluding tert-OH is 1. The number of β-amino-alcohol motifs (C(OH)–C–C–N with tert-alkyl or cyclic N) is 1. The van der Waals surface area contributed by atoms with Crippen LogP contribution in [0.3, 0.4) is 0 Å². The van der Waals surface area contributed by atoms with E-state index >= 15 is 0 Å². The number of anilines is 1. The van der Waals surface area contributed by atoms with E-state index in [4.69, 9.17) is 24.4 Å². The summed E-state index contributed by atoms with van der Waals surface area (Å²) < 4.78 is 12.5. The van der Waals surface area contributed by atoms with Crippen LogP contribution in [0.5, 0.6) is 11.8 Å². The zero-order chi connectivity index (χ0) is 53.0. The van der Waals surface area contributed by atoms with Gasteiger partial charge in [0, 0.05) is 55.8 Å². The number of nitrogens with one attached hydrogen (secondary N) is 2. The number of hydrogen-bond donors (Lipinski definition) is 4. The molecule has 2 bridgehead atoms. The minimum Gasteiger partial charge on any atom is -0.508 e. The molecule has 3 aromatic heterocycles. The van der Waals surface area contributed by atoms with Crippen LogP contribution < -0.4 is 20.3 Å². The van der Waals surface area contributed by atoms with Crippen molar-refractivity contribution in [2.75, 3.05) is 64.0 Å². The SMILES string of the molecule is Cc1ncsc1-c1ccc(C(C)NC(=O)[C@@H]2C[C@@H](O)CN2C(=O)[C@@H](NC(=O)COCC2CCN(CCOc3nc(N4CC5CCC(C5)C4)c4cnc5c(c4n3)C(C)c3cccc4cc(O)cc-5c34)CC2)C(C)(C)C)cc1. The second-order valence-corrected chi connectivity index (χ2v) is 24.1. The number of aryl methyl sites for hydroxylation is 1. The fourth-order valence-electron chi connectivity index (χ4n) is 12.7. The fourth-order valence-corrected chi connectivity index (χ4v) is 13.5. The maximum Gasteiger partial charge on any atom is 0.319 e. The maximum absolute atomic E-state index is 14.3. The highest BCUT2D eigenvalue weighted by Gasteiger charge is 2.45. The number of rotatable bonds is 15. The van der Waals surface area contributed by atoms with Crippen molar-refractivity contribution in [3.05, 3.63) is 88.7 Å². The van der Waals surface area contributed by atoms with Crippen molar-refractivity contribution in [3.8, 4) is 33.5 Å². The van der Waals surface area contributed by atoms with Crippen molar-refractivity contribution in [2.45, 2.75) is 110 Å². The van der Waals surface area contributed by atoms with Gasteiger partial charge in [-0.2, -0.15) is 9.97 Å². The van der Waals surface area contributed by atoms with Crippen molar-refractivity contribution < 1.29 is 34.1 Å². The van der Waals surface area contributed by atoms with E-state index < -0.39 is 35.4 Å². The van der Waals surface area contributed by atoms with Gasteiger partial charge in [0.15, 0.2) is 0 Å². The number of piperidine rings is 2. The summed E-state index contributed by atoms with van der Waals surface area (Å²) in [5.41, 5.74) is 8.90. The van der Waals surface area contributed by atoms with Gasteiger partial charge in [-0.1, -0.05) is 70.2 Å². The lowest BCUT2D eigenvalue weighted by molar-refractivity contribution is -0.144. The molecule has 0 radical (unpaired) electrons. The number of pyridine rings is 1. The number of phenolic OH excluding ortho intramolecular Hbond substituents is 1. The smallest absolute Gasteiger partial charge is 0.319 e. The Hall–Kier alpha value is -6.27. The van der Waals surface area contributed by atoms with Crippen LogP contribution in [0.4, 0.5) is 5.82 Å². The number of phenols is 1. The number of likely N-dealkylation sites (tertiary alicyclic amines) is 2. The number of amides is 3. The monoisotopic (exact) mass is 1050 g/mol. The fraction of sp³-hybridized carbons (Fsp3) is 0.508. The summed E-state index contributed by atoms with van der Waals surface area (Å²) >= 11 is 1.58. The van der Waals surface area contributed by atoms with Gasteiger partial charge in [-0.05, 0) is 122 Å². The Morgan fingerprint density at radius 1 is 0.934 bits per heavy atom. The van der Waals surface area contributed by atoms with Crippen LogP contribution in [0.15, 0.2) is 66.3 Å². The second-order valence-electron chi connectivity index (χ2n) is 23.3. The molecule has 5 aliphatic rings. The molecule has 3 amide bonds. The molecule has 2 aliphatic carbocycles. The van der Waals surface area contributed by atoms with Gasteiger partial charge in [-0.15, -0.1) is 11.3 Å². The van der Waals surface area contributed by atoms with Crippen LogP contribution in [-0.2, 0) is 19.1 Å². The highest BCUT2D eigenvalue weighted by molar-refractivity contribution is 7.13. The molecule has 3 aliphatic heterocycles. The maximum atomic E-state index is 14.3. The first kappa shape index (κ1) is 51.8. The number of carbonyl (C=O) groups is 3. The summed E-state index contributed by atoms with van der Waals surface area (Å²) in [5, 5.41) is 30.6. The molecule has 4 unspecified atom stereocenters. The summed E-state index contributed by atoms with van der Waals surface area (Å²) in [4.78, 5) is 68.6. The summed E-state index contributed by atoms with van der Waals surface area (Å²) in [5.74, 6) is 1.52. The summed E-state index contributed by atoms with van der Waals surface area (Å²) in [7, 11) is 0. The minimum atomic E-state index is -0.949. The van der Waals surface area contributed by atoms with Gasteiger partial charge in [-0.25, -0.2) is 4.98 Å². The summed E-state index contributed by atoms with van der Waals surface area (Å²) in [6, 6.07) is 16.1. The molecule has 16 nitrogen and oxygen atoms in total. The van der Waals surface area contributed by atoms with Crippen molar-refractivity contribution in [3.63, 3.8) is 0 Å². The lowest BCUT2D eigenvalue weighted by Crippen LogP contribution is -2.58. The van der Waals surface area contributed by atoms with Crippen LogP contribution in [0, 0.1) is 30.1 Å². The van der Waals surface area contributed by atoms with E-state index in [0.29, 0.717) is 37.6 Å². The van der Waals surface area contributed by atoms with E-state index in [9.17, 15) is 24.6 Å². The Labute approximate surface area is 448 Å². The molecule has 0 spiro atoms. The molecule has 17 heteroatoms. The molecule has 11 rings (SSSR count). The van der Waals surface area contributed by atoms with Crippen molar-refractivity contribution >= 4 is 56.6 Å². The topological polar surface area (TPSA) is 195 Å². The summed E-state index contributed by atoms with van der Waals surface area (Å²) in [6.45, 7) is 16.7. The van der Waals surface area contributed by atoms with Crippen molar-refractivity contribution in [2.24, 2.45) is 23.2 Å². The first-order valence-corrected chi connectivity index (χ1v) is 28.2. The Bertz CT molecular complexity index is 3140. The molecule has 6 heterocycles. The number of aliphatic hydroxyl groups is 1. The molecule has 4 fully saturated rings. The summed E-state index contributed by atoms with van der Waals surface area (Å²) in [6.07, 6.45) is 6.75. The predicted molar refractivity (Wildman–Crippen MR) is 294 cm³/mol. The molecule has 1 saturated carbocycles. The van der Waals surface area contributed by atoms with Gasteiger partial charge in [0.1, 0.15) is 36.9 Å². The first-order chi connectivity index (χ1) is 36.6. The van der Waals surface area contributed by atoms with Gasteiger partial charge in [-0.3, -0.25) is 24.3 Å². The lowest BCUT2D eigenvalue weighted by Gasteiger charge is -2.35. The highest BCUT2D eigenvalue weighted by Crippen LogP contribution is 2.49. The molecule has 4 N–H and O–H groups in total. The van der Waals surface area contributed by atoms with Gasteiger partial charge in [0.05, 0.1) is 51.4 Å². The number of fused-ring (bicyclic) bond motifs is 6. The van der Waals surface area contributed by atoms with Crippen LogP contribution in [0.25, 0.3) is 43.4 Å². The van der Waals surface area contributed by atoms with E-state index in [1.165, 1.54) is 29.7 Å². The van der Waals surface area contributed by atoms with Gasteiger partial charge >= 0.3 is 6.01 Å². The molecule has 3 saturated heterocycles. The van der Waals surface area contributed by atoms with Gasteiger partial charge < -0.3 is 40.1 Å². The third kappa shape index (κ3) is 10.5. The van der Waals surface area contributed by atoms with Crippen LogP contribution >= 0.6 is 11.3 Å². The Morgan fingerprint density at radius 3 is 2.42 bits per heavy atom. The average molecular weight is 1050 g/mol. The molecule has 400 valence electrons. The van der Waals surface area contributed by atoms with Crippen LogP contribution in [0.2, 0.25) is 0 Å². The van der Waals surface area contributed by atoms with E-state index in [1.54, 1.807) is 11.3 Å². The van der Waals surface area contributed by atoms with E-state index in [-0.39, 0.29) is 49.1 Å². The lowest BCUT2D eigenvalue weighted by atomic mass is 9.79. The van der Waals surface area contributed by atoms with Crippen molar-refractivity contribution in [1.29, 1.82) is 0 Å². The standard InChI is InChI=1S/C59H71N9O7S/c1-33-44-9-7-8-41-23-42(69)24-45(50(41)44)51-49(33)52-46(26-60-51)55(67-27-37-10-11-38(22-37)28-67)65-58(64-52)75-21-20-66-18-16-36(17-19-66)30-74-31-48(71)63-54(59(4,5)6)57(73)68-29-43(70)25-47(68)56(72)62-34(2)39-12-14-40(15-13-39)53-35(3)61-32-76-53/h7-9,12-15,23-24,26,32-34,36-38,43,47,54,69-70H,10-11,16-22,25,27-31H2,1-6H3,(H,62,72)(H,63,71)/t33?,34?,37?,38?,43-,47+,54-/m1/s1. The number of aromatic nitrogens is 4. The largest absolute Gasteiger partial charge is 0.508 e. The number of carbonyl (C=O) groups excluding carboxylic acids is 3. The number of nitrogens with zero attached hydrogens (tertiary/aromatic N) is 7. The Morgan fingerprint density at radius 2 is 1.70 bits per heavy atom. The highest BCUT2D eigenvalue weighted by atomic mass is 32.1. The van der Waals surface area contributed by atoms with E-state index in [1.807, 2.05) is 88.8 Å². The molecular formula is C59H71N9O7S. The molecule has 76 heavy (non-hydrogen) atoms. The zero-order valence-electron chi connectivity index (χ0n) is 44.6. The Balaban J connectivity index is 0.679. The number of ether oxygens (including phenoxy) is 2. The third-order valence-corrected chi connectivity index (χ3v) is 17.8. The number of hydrogen-bond acceptors (Lipinski definition) is 14. The second kappa shape index (κ2) is 21.3. The molecule has 7 atom stereocenters. The van der Waals surface area contributed by atoms with E-state index in [2.05, 4.69) is 44.5 Å². The number of thiazole rings is 1. The number of benzene rings is 3. The quantitative estimate of drug-likeness (QED) is 0.0770. The number of aromatic hydroxyl groups is 1. The third-order valence-electron chi connectivity index (χ3n) is 16.8. The molecular weight excluding hydrogens is 979 g/mol. The van der Waals surface area contributed by atoms with Crippen LogP contribution in [0.1, 0.15) is 107 Å². The average Bonchev–Trinajstić information content (AvgIpc) is 4.20.